The highest BCUT2D eigenvalue weighted by Crippen LogP contribution is 2.24. The second-order valence-corrected chi connectivity index (χ2v) is 5.27. The number of rotatable bonds is 4. The summed E-state index contributed by atoms with van der Waals surface area (Å²) in [6.45, 7) is 7.07. The van der Waals surface area contributed by atoms with Crippen LogP contribution >= 0.6 is 0 Å². The molecule has 0 aliphatic carbocycles. The third-order valence-electron chi connectivity index (χ3n) is 3.24. The average Bonchev–Trinajstić information content (AvgIpc) is 2.28. The van der Waals surface area contributed by atoms with Gasteiger partial charge in [-0.15, -0.1) is 0 Å². The van der Waals surface area contributed by atoms with Gasteiger partial charge in [-0.3, -0.25) is 4.79 Å². The molecule has 94 valence electrons. The first kappa shape index (κ1) is 13.5. The fourth-order valence-electron chi connectivity index (χ4n) is 1.92. The molecule has 1 unspecified atom stereocenters. The molecule has 16 heavy (non-hydrogen) atoms. The van der Waals surface area contributed by atoms with Crippen molar-refractivity contribution in [1.82, 2.24) is 5.32 Å². The summed E-state index contributed by atoms with van der Waals surface area (Å²) in [5, 5.41) is 12.0. The highest BCUT2D eigenvalue weighted by molar-refractivity contribution is 5.79. The lowest BCUT2D eigenvalue weighted by molar-refractivity contribution is -0.129. The smallest absolute Gasteiger partial charge is 0.223 e. The largest absolute Gasteiger partial charge is 0.394 e. The third-order valence-corrected chi connectivity index (χ3v) is 3.24. The van der Waals surface area contributed by atoms with Crippen LogP contribution in [0.1, 0.15) is 33.6 Å². The van der Waals surface area contributed by atoms with E-state index >= 15 is 0 Å². The van der Waals surface area contributed by atoms with Gasteiger partial charge in [-0.05, 0) is 32.6 Å². The molecule has 2 N–H and O–H groups in total. The fourth-order valence-corrected chi connectivity index (χ4v) is 1.92. The normalized spacial score (nSPS) is 20.5. The molecule has 1 amide bonds. The lowest BCUT2D eigenvalue weighted by Gasteiger charge is -2.30. The van der Waals surface area contributed by atoms with Gasteiger partial charge in [0.25, 0.3) is 0 Å². The minimum atomic E-state index is -0.531. The molecule has 0 radical (unpaired) electrons. The fraction of sp³-hybridized carbons (Fsp3) is 0.917. The van der Waals surface area contributed by atoms with Crippen LogP contribution in [0.2, 0.25) is 0 Å². The van der Waals surface area contributed by atoms with E-state index in [-0.39, 0.29) is 18.4 Å². The number of ether oxygens (including phenoxy) is 1. The van der Waals surface area contributed by atoms with E-state index in [1.807, 2.05) is 20.8 Å². The zero-order valence-electron chi connectivity index (χ0n) is 10.5. The summed E-state index contributed by atoms with van der Waals surface area (Å²) < 4.78 is 5.28. The van der Waals surface area contributed by atoms with Crippen molar-refractivity contribution in [2.45, 2.75) is 39.2 Å². The SMILES string of the molecule is CC(C(=O)NC(C)(C)CO)C1CCOCC1. The summed E-state index contributed by atoms with van der Waals surface area (Å²) in [5.41, 5.74) is -0.531. The molecular weight excluding hydrogens is 206 g/mol. The summed E-state index contributed by atoms with van der Waals surface area (Å²) in [6, 6.07) is 0. The molecule has 1 heterocycles. The Bertz CT molecular complexity index is 234. The van der Waals surface area contributed by atoms with Crippen LogP contribution in [0.3, 0.4) is 0 Å². The summed E-state index contributed by atoms with van der Waals surface area (Å²) in [7, 11) is 0. The van der Waals surface area contributed by atoms with Gasteiger partial charge in [-0.2, -0.15) is 0 Å². The first-order valence-corrected chi connectivity index (χ1v) is 5.97. The van der Waals surface area contributed by atoms with Crippen molar-refractivity contribution in [3.05, 3.63) is 0 Å². The predicted octanol–water partition coefficient (Wildman–Crippen LogP) is 0.936. The average molecular weight is 229 g/mol. The van der Waals surface area contributed by atoms with Gasteiger partial charge < -0.3 is 15.2 Å². The van der Waals surface area contributed by atoms with Gasteiger partial charge in [0.05, 0.1) is 12.1 Å². The number of aliphatic hydroxyl groups excluding tert-OH is 1. The van der Waals surface area contributed by atoms with Gasteiger partial charge in [0.2, 0.25) is 5.91 Å². The maximum Gasteiger partial charge on any atom is 0.223 e. The van der Waals surface area contributed by atoms with Crippen molar-refractivity contribution in [3.8, 4) is 0 Å². The van der Waals surface area contributed by atoms with Crippen LogP contribution in [-0.4, -0.2) is 36.4 Å². The molecule has 0 saturated carbocycles. The molecule has 0 aromatic heterocycles. The Morgan fingerprint density at radius 2 is 2.06 bits per heavy atom. The van der Waals surface area contributed by atoms with Crippen LogP contribution in [0.25, 0.3) is 0 Å². The molecule has 4 heteroatoms. The van der Waals surface area contributed by atoms with Crippen LogP contribution in [-0.2, 0) is 9.53 Å². The Morgan fingerprint density at radius 3 is 2.56 bits per heavy atom. The first-order valence-electron chi connectivity index (χ1n) is 5.97. The van der Waals surface area contributed by atoms with E-state index in [1.165, 1.54) is 0 Å². The zero-order chi connectivity index (χ0) is 12.2. The van der Waals surface area contributed by atoms with E-state index in [4.69, 9.17) is 9.84 Å². The number of aliphatic hydroxyl groups is 1. The Morgan fingerprint density at radius 1 is 1.50 bits per heavy atom. The lowest BCUT2D eigenvalue weighted by Crippen LogP contribution is -2.49. The van der Waals surface area contributed by atoms with E-state index < -0.39 is 5.54 Å². The van der Waals surface area contributed by atoms with E-state index in [2.05, 4.69) is 5.32 Å². The van der Waals surface area contributed by atoms with Gasteiger partial charge in [-0.25, -0.2) is 0 Å². The lowest BCUT2D eigenvalue weighted by atomic mass is 9.86. The molecule has 0 spiro atoms. The summed E-state index contributed by atoms with van der Waals surface area (Å²) in [5.74, 6) is 0.434. The van der Waals surface area contributed by atoms with Gasteiger partial charge in [0, 0.05) is 19.1 Å². The number of hydrogen-bond acceptors (Lipinski definition) is 3. The maximum absolute atomic E-state index is 12.0. The highest BCUT2D eigenvalue weighted by atomic mass is 16.5. The summed E-state index contributed by atoms with van der Waals surface area (Å²) in [6.07, 6.45) is 1.91. The van der Waals surface area contributed by atoms with Crippen LogP contribution in [0.5, 0.6) is 0 Å². The summed E-state index contributed by atoms with van der Waals surface area (Å²) >= 11 is 0. The van der Waals surface area contributed by atoms with Crippen molar-refractivity contribution in [3.63, 3.8) is 0 Å². The predicted molar refractivity (Wildman–Crippen MR) is 62.0 cm³/mol. The molecule has 1 saturated heterocycles. The summed E-state index contributed by atoms with van der Waals surface area (Å²) in [4.78, 5) is 12.0. The second kappa shape index (κ2) is 5.64. The maximum atomic E-state index is 12.0. The van der Waals surface area contributed by atoms with Crippen LogP contribution in [0.4, 0.5) is 0 Å². The standard InChI is InChI=1S/C12H23NO3/c1-9(10-4-6-16-7-5-10)11(15)13-12(2,3)8-14/h9-10,14H,4-8H2,1-3H3,(H,13,15). The van der Waals surface area contributed by atoms with E-state index in [9.17, 15) is 4.79 Å². The molecule has 1 aliphatic heterocycles. The van der Waals surface area contributed by atoms with Crippen LogP contribution in [0.15, 0.2) is 0 Å². The number of amides is 1. The van der Waals surface area contributed by atoms with E-state index in [0.717, 1.165) is 26.1 Å². The number of nitrogens with one attached hydrogen (secondary N) is 1. The van der Waals surface area contributed by atoms with Gasteiger partial charge in [-0.1, -0.05) is 6.92 Å². The molecule has 0 bridgehead atoms. The zero-order valence-corrected chi connectivity index (χ0v) is 10.5. The van der Waals surface area contributed by atoms with Gasteiger partial charge >= 0.3 is 0 Å². The highest BCUT2D eigenvalue weighted by Gasteiger charge is 2.29. The monoisotopic (exact) mass is 229 g/mol. The van der Waals surface area contributed by atoms with Crippen molar-refractivity contribution >= 4 is 5.91 Å². The molecule has 4 nitrogen and oxygen atoms in total. The minimum absolute atomic E-state index is 0.00488. The molecule has 0 aromatic rings. The minimum Gasteiger partial charge on any atom is -0.394 e. The molecule has 1 fully saturated rings. The third kappa shape index (κ3) is 3.76. The topological polar surface area (TPSA) is 58.6 Å². The van der Waals surface area contributed by atoms with Gasteiger partial charge in [0.1, 0.15) is 0 Å². The Hall–Kier alpha value is -0.610. The molecule has 1 rings (SSSR count). The Labute approximate surface area is 97.4 Å². The van der Waals surface area contributed by atoms with Crippen molar-refractivity contribution in [2.24, 2.45) is 11.8 Å². The Kier molecular flexibility index (Phi) is 4.74. The Balaban J connectivity index is 2.46. The van der Waals surface area contributed by atoms with Crippen molar-refractivity contribution in [2.75, 3.05) is 19.8 Å². The van der Waals surface area contributed by atoms with Crippen LogP contribution in [0, 0.1) is 11.8 Å². The molecule has 1 atom stereocenters. The van der Waals surface area contributed by atoms with E-state index in [0.29, 0.717) is 5.92 Å². The van der Waals surface area contributed by atoms with Crippen molar-refractivity contribution in [1.29, 1.82) is 0 Å². The molecular formula is C12H23NO3. The first-order chi connectivity index (χ1) is 7.46. The number of carbonyl (C=O) groups excluding carboxylic acids is 1. The molecule has 0 aromatic carbocycles. The van der Waals surface area contributed by atoms with Crippen LogP contribution < -0.4 is 5.32 Å². The quantitative estimate of drug-likeness (QED) is 0.754. The van der Waals surface area contributed by atoms with Crippen molar-refractivity contribution < 1.29 is 14.6 Å². The second-order valence-electron chi connectivity index (χ2n) is 5.27. The molecule has 1 aliphatic rings. The number of hydrogen-bond donors (Lipinski definition) is 2. The number of carbonyl (C=O) groups is 1. The van der Waals surface area contributed by atoms with Gasteiger partial charge in [0.15, 0.2) is 0 Å². The van der Waals surface area contributed by atoms with E-state index in [1.54, 1.807) is 0 Å².